The Hall–Kier alpha value is -2.24. The monoisotopic (exact) mass is 294 g/mol. The predicted octanol–water partition coefficient (Wildman–Crippen LogP) is 1.80. The summed E-state index contributed by atoms with van der Waals surface area (Å²) in [7, 11) is 3.06. The summed E-state index contributed by atoms with van der Waals surface area (Å²) in [6, 6.07) is 5.05. The first-order valence-corrected chi connectivity index (χ1v) is 6.58. The third-order valence-corrected chi connectivity index (χ3v) is 2.76. The Kier molecular flexibility index (Phi) is 5.58. The number of rotatable bonds is 5. The van der Waals surface area contributed by atoms with Crippen molar-refractivity contribution in [2.24, 2.45) is 5.41 Å². The smallest absolute Gasteiger partial charge is 0.243 e. The topological polar surface area (TPSA) is 76.7 Å². The second-order valence-electron chi connectivity index (χ2n) is 5.55. The maximum Gasteiger partial charge on any atom is 0.243 e. The van der Waals surface area contributed by atoms with Crippen molar-refractivity contribution >= 4 is 17.5 Å². The fraction of sp³-hybridized carbons (Fsp3) is 0.467. The number of ether oxygens (including phenoxy) is 2. The molecule has 6 nitrogen and oxygen atoms in total. The molecule has 0 aromatic heterocycles. The highest BCUT2D eigenvalue weighted by molar-refractivity contribution is 5.95. The normalized spacial score (nSPS) is 10.7. The van der Waals surface area contributed by atoms with E-state index in [0.717, 1.165) is 0 Å². The zero-order valence-corrected chi connectivity index (χ0v) is 13.1. The summed E-state index contributed by atoms with van der Waals surface area (Å²) in [5.74, 6) is 0.621. The fourth-order valence-corrected chi connectivity index (χ4v) is 1.54. The predicted molar refractivity (Wildman–Crippen MR) is 80.6 cm³/mol. The van der Waals surface area contributed by atoms with Gasteiger partial charge in [-0.3, -0.25) is 9.59 Å². The van der Waals surface area contributed by atoms with Crippen LogP contribution < -0.4 is 20.1 Å². The van der Waals surface area contributed by atoms with Crippen molar-refractivity contribution in [1.82, 2.24) is 5.32 Å². The third-order valence-electron chi connectivity index (χ3n) is 2.76. The van der Waals surface area contributed by atoms with Crippen molar-refractivity contribution < 1.29 is 19.1 Å². The first-order valence-electron chi connectivity index (χ1n) is 6.58. The highest BCUT2D eigenvalue weighted by atomic mass is 16.5. The summed E-state index contributed by atoms with van der Waals surface area (Å²) >= 11 is 0. The second kappa shape index (κ2) is 6.97. The van der Waals surface area contributed by atoms with Crippen LogP contribution in [0.2, 0.25) is 0 Å². The summed E-state index contributed by atoms with van der Waals surface area (Å²) in [5.41, 5.74) is 0.0477. The molecule has 0 unspecified atom stereocenters. The number of amides is 2. The van der Waals surface area contributed by atoms with E-state index in [2.05, 4.69) is 10.6 Å². The van der Waals surface area contributed by atoms with E-state index in [-0.39, 0.29) is 18.4 Å². The molecule has 6 heteroatoms. The molecule has 2 N–H and O–H groups in total. The van der Waals surface area contributed by atoms with Crippen LogP contribution in [0.5, 0.6) is 11.5 Å². The van der Waals surface area contributed by atoms with Crippen molar-refractivity contribution in [3.63, 3.8) is 0 Å². The zero-order valence-electron chi connectivity index (χ0n) is 13.1. The number of nitrogens with one attached hydrogen (secondary N) is 2. The van der Waals surface area contributed by atoms with E-state index >= 15 is 0 Å². The van der Waals surface area contributed by atoms with Gasteiger partial charge in [0.25, 0.3) is 0 Å². The van der Waals surface area contributed by atoms with Crippen LogP contribution in [0.4, 0.5) is 5.69 Å². The van der Waals surface area contributed by atoms with Gasteiger partial charge in [-0.25, -0.2) is 0 Å². The molecule has 0 saturated carbocycles. The molecule has 116 valence electrons. The van der Waals surface area contributed by atoms with Gasteiger partial charge in [0.2, 0.25) is 11.8 Å². The average Bonchev–Trinajstić information content (AvgIpc) is 2.43. The summed E-state index contributed by atoms with van der Waals surface area (Å²) in [5, 5.41) is 5.27. The molecule has 1 rings (SSSR count). The van der Waals surface area contributed by atoms with Crippen LogP contribution in [0, 0.1) is 5.41 Å². The lowest BCUT2D eigenvalue weighted by Crippen LogP contribution is -2.39. The molecule has 0 fully saturated rings. The largest absolute Gasteiger partial charge is 0.493 e. The van der Waals surface area contributed by atoms with Gasteiger partial charge in [0, 0.05) is 17.2 Å². The van der Waals surface area contributed by atoms with E-state index in [0.29, 0.717) is 17.2 Å². The Morgan fingerprint density at radius 1 is 1.10 bits per heavy atom. The van der Waals surface area contributed by atoms with Crippen molar-refractivity contribution in [2.75, 3.05) is 26.1 Å². The fourth-order valence-electron chi connectivity index (χ4n) is 1.54. The first kappa shape index (κ1) is 16.8. The molecule has 0 aliphatic rings. The zero-order chi connectivity index (χ0) is 16.0. The molecule has 0 aliphatic carbocycles. The molecule has 21 heavy (non-hydrogen) atoms. The van der Waals surface area contributed by atoms with E-state index in [9.17, 15) is 9.59 Å². The Balaban J connectivity index is 2.61. The maximum atomic E-state index is 11.8. The number of hydrogen-bond acceptors (Lipinski definition) is 4. The molecular formula is C15H22N2O4. The van der Waals surface area contributed by atoms with Gasteiger partial charge in [0.05, 0.1) is 20.8 Å². The number of hydrogen-bond donors (Lipinski definition) is 2. The molecular weight excluding hydrogens is 272 g/mol. The van der Waals surface area contributed by atoms with Crippen molar-refractivity contribution in [3.8, 4) is 11.5 Å². The minimum absolute atomic E-state index is 0.0789. The summed E-state index contributed by atoms with van der Waals surface area (Å²) < 4.78 is 10.3. The molecule has 2 amide bonds. The summed E-state index contributed by atoms with van der Waals surface area (Å²) in [6.07, 6.45) is 0. The molecule has 0 saturated heterocycles. The molecule has 0 aliphatic heterocycles. The Morgan fingerprint density at radius 2 is 1.71 bits per heavy atom. The van der Waals surface area contributed by atoms with Crippen LogP contribution in [-0.4, -0.2) is 32.6 Å². The number of anilines is 1. The van der Waals surface area contributed by atoms with E-state index in [4.69, 9.17) is 9.47 Å². The van der Waals surface area contributed by atoms with Crippen LogP contribution in [0.25, 0.3) is 0 Å². The minimum atomic E-state index is -0.524. The van der Waals surface area contributed by atoms with Crippen LogP contribution in [0.3, 0.4) is 0 Å². The standard InChI is InChI=1S/C15H22N2O4/c1-15(2,3)14(19)16-9-13(18)17-10-6-7-11(20-4)12(8-10)21-5/h6-8H,9H2,1-5H3,(H,16,19)(H,17,18). The van der Waals surface area contributed by atoms with Crippen LogP contribution in [-0.2, 0) is 9.59 Å². The number of carbonyl (C=O) groups excluding carboxylic acids is 2. The molecule has 1 aromatic rings. The quantitative estimate of drug-likeness (QED) is 0.868. The summed E-state index contributed by atoms with van der Waals surface area (Å²) in [4.78, 5) is 23.5. The Bertz CT molecular complexity index is 521. The second-order valence-corrected chi connectivity index (χ2v) is 5.55. The molecule has 0 radical (unpaired) electrons. The van der Waals surface area contributed by atoms with Gasteiger partial charge in [0.1, 0.15) is 0 Å². The van der Waals surface area contributed by atoms with Gasteiger partial charge >= 0.3 is 0 Å². The molecule has 0 heterocycles. The number of methoxy groups -OCH3 is 2. The number of carbonyl (C=O) groups is 2. The molecule has 0 bridgehead atoms. The third kappa shape index (κ3) is 4.98. The van der Waals surface area contributed by atoms with Crippen molar-refractivity contribution in [3.05, 3.63) is 18.2 Å². The van der Waals surface area contributed by atoms with E-state index < -0.39 is 5.41 Å². The Morgan fingerprint density at radius 3 is 2.24 bits per heavy atom. The Labute approximate surface area is 124 Å². The molecule has 0 atom stereocenters. The lowest BCUT2D eigenvalue weighted by atomic mass is 9.96. The molecule has 1 aromatic carbocycles. The van der Waals surface area contributed by atoms with E-state index in [1.54, 1.807) is 39.0 Å². The van der Waals surface area contributed by atoms with Gasteiger partial charge in [-0.15, -0.1) is 0 Å². The number of benzene rings is 1. The van der Waals surface area contributed by atoms with Gasteiger partial charge in [-0.1, -0.05) is 20.8 Å². The van der Waals surface area contributed by atoms with Crippen molar-refractivity contribution in [1.29, 1.82) is 0 Å². The van der Waals surface area contributed by atoms with E-state index in [1.165, 1.54) is 14.2 Å². The highest BCUT2D eigenvalue weighted by Gasteiger charge is 2.21. The first-order chi connectivity index (χ1) is 9.77. The highest BCUT2D eigenvalue weighted by Crippen LogP contribution is 2.29. The van der Waals surface area contributed by atoms with E-state index in [1.807, 2.05) is 0 Å². The SMILES string of the molecule is COc1ccc(NC(=O)CNC(=O)C(C)(C)C)cc1OC. The van der Waals surface area contributed by atoms with Gasteiger partial charge < -0.3 is 20.1 Å². The minimum Gasteiger partial charge on any atom is -0.493 e. The average molecular weight is 294 g/mol. The van der Waals surface area contributed by atoms with Gasteiger partial charge in [-0.2, -0.15) is 0 Å². The van der Waals surface area contributed by atoms with Crippen LogP contribution in [0.15, 0.2) is 18.2 Å². The molecule has 0 spiro atoms. The maximum absolute atomic E-state index is 11.8. The lowest BCUT2D eigenvalue weighted by molar-refractivity contribution is -0.130. The summed E-state index contributed by atoms with van der Waals surface area (Å²) in [6.45, 7) is 5.28. The lowest BCUT2D eigenvalue weighted by Gasteiger charge is -2.17. The van der Waals surface area contributed by atoms with Crippen LogP contribution >= 0.6 is 0 Å². The van der Waals surface area contributed by atoms with Gasteiger partial charge in [0.15, 0.2) is 11.5 Å². The van der Waals surface area contributed by atoms with Crippen molar-refractivity contribution in [2.45, 2.75) is 20.8 Å². The van der Waals surface area contributed by atoms with Gasteiger partial charge in [-0.05, 0) is 12.1 Å². The van der Waals surface area contributed by atoms with Crippen LogP contribution in [0.1, 0.15) is 20.8 Å².